The van der Waals surface area contributed by atoms with E-state index in [0.29, 0.717) is 0 Å². The van der Waals surface area contributed by atoms with Gasteiger partial charge in [-0.1, -0.05) is 0 Å². The van der Waals surface area contributed by atoms with Crippen LogP contribution in [0.15, 0.2) is 18.2 Å². The highest BCUT2D eigenvalue weighted by Gasteiger charge is 2.32. The predicted molar refractivity (Wildman–Crippen MR) is 79.0 cm³/mol. The number of rotatable bonds is 4. The highest BCUT2D eigenvalue weighted by Crippen LogP contribution is 2.28. The average molecular weight is 321 g/mol. The van der Waals surface area contributed by atoms with Gasteiger partial charge in [0.2, 0.25) is 5.91 Å². The number of non-ortho nitro benzene ring substituents is 1. The molecule has 122 valence electrons. The lowest BCUT2D eigenvalue weighted by molar-refractivity contribution is -0.384. The topological polar surface area (TPSA) is 110 Å². The second-order valence-corrected chi connectivity index (χ2v) is 4.88. The third kappa shape index (κ3) is 3.28. The van der Waals surface area contributed by atoms with Gasteiger partial charge in [-0.2, -0.15) is 0 Å². The summed E-state index contributed by atoms with van der Waals surface area (Å²) in [6.07, 6.45) is 0. The number of carbonyl (C=O) groups excluding carboxylic acids is 3. The number of esters is 1. The molecule has 0 aromatic heterocycles. The fourth-order valence-electron chi connectivity index (χ4n) is 2.24. The maximum absolute atomic E-state index is 12.6. The van der Waals surface area contributed by atoms with Crippen molar-refractivity contribution in [1.82, 2.24) is 4.90 Å². The van der Waals surface area contributed by atoms with E-state index in [0.717, 1.165) is 11.0 Å². The van der Waals surface area contributed by atoms with Gasteiger partial charge in [0.05, 0.1) is 22.8 Å². The molecular formula is C14H15N3O6. The number of benzene rings is 1. The van der Waals surface area contributed by atoms with Gasteiger partial charge < -0.3 is 14.5 Å². The number of carbonyl (C=O) groups is 3. The Kier molecular flexibility index (Phi) is 4.58. The third-order valence-corrected chi connectivity index (χ3v) is 3.40. The smallest absolute Gasteiger partial charge is 0.325 e. The predicted octanol–water partition coefficient (Wildman–Crippen LogP) is 0.576. The van der Waals surface area contributed by atoms with Crippen LogP contribution in [-0.4, -0.2) is 54.4 Å². The van der Waals surface area contributed by atoms with Gasteiger partial charge in [-0.3, -0.25) is 24.5 Å². The first-order chi connectivity index (χ1) is 10.8. The molecule has 0 saturated carbocycles. The molecule has 2 amide bonds. The lowest BCUT2D eigenvalue weighted by Crippen LogP contribution is -2.41. The Balaban J connectivity index is 2.43. The molecule has 1 aromatic rings. The largest absolute Gasteiger partial charge is 0.465 e. The van der Waals surface area contributed by atoms with E-state index in [1.807, 2.05) is 0 Å². The molecule has 0 radical (unpaired) electrons. The van der Waals surface area contributed by atoms with Crippen molar-refractivity contribution in [1.29, 1.82) is 0 Å². The second-order valence-electron chi connectivity index (χ2n) is 4.88. The maximum atomic E-state index is 12.6. The van der Waals surface area contributed by atoms with Crippen molar-refractivity contribution in [3.8, 4) is 0 Å². The van der Waals surface area contributed by atoms with Crippen LogP contribution in [0.4, 0.5) is 11.4 Å². The molecule has 0 unspecified atom stereocenters. The number of nitro groups is 1. The summed E-state index contributed by atoms with van der Waals surface area (Å²) in [7, 11) is 1.47. The van der Waals surface area contributed by atoms with Gasteiger partial charge in [0.25, 0.3) is 11.6 Å². The number of nitro benzene ring substituents is 1. The molecule has 1 aliphatic rings. The normalized spacial score (nSPS) is 14.3. The number of hydrogen-bond donors (Lipinski definition) is 0. The van der Waals surface area contributed by atoms with Crippen molar-refractivity contribution in [2.45, 2.75) is 6.92 Å². The van der Waals surface area contributed by atoms with Crippen LogP contribution in [0.25, 0.3) is 0 Å². The first-order valence-corrected chi connectivity index (χ1v) is 6.85. The van der Waals surface area contributed by atoms with E-state index in [1.165, 1.54) is 24.1 Å². The van der Waals surface area contributed by atoms with Crippen LogP contribution >= 0.6 is 0 Å². The van der Waals surface area contributed by atoms with Gasteiger partial charge >= 0.3 is 5.97 Å². The molecule has 0 atom stereocenters. The molecule has 1 aromatic carbocycles. The van der Waals surface area contributed by atoms with Crippen molar-refractivity contribution in [3.05, 3.63) is 33.9 Å². The maximum Gasteiger partial charge on any atom is 0.325 e. The van der Waals surface area contributed by atoms with E-state index in [1.54, 1.807) is 6.92 Å². The summed E-state index contributed by atoms with van der Waals surface area (Å²) in [5.74, 6) is -1.69. The standard InChI is InChI=1S/C14H15N3O6/c1-3-23-13(19)8-16-7-12(18)15(2)11-5-4-9(17(21)22)6-10(11)14(16)20/h4-6H,3,7-8H2,1-2H3. The number of likely N-dealkylation sites (N-methyl/N-ethyl adjacent to an activating group) is 1. The lowest BCUT2D eigenvalue weighted by atomic mass is 10.1. The number of anilines is 1. The Bertz CT molecular complexity index is 687. The monoisotopic (exact) mass is 321 g/mol. The van der Waals surface area contributed by atoms with Gasteiger partial charge in [0, 0.05) is 19.2 Å². The van der Waals surface area contributed by atoms with Crippen molar-refractivity contribution >= 4 is 29.2 Å². The zero-order valence-electron chi connectivity index (χ0n) is 12.6. The number of ether oxygens (including phenoxy) is 1. The molecule has 2 rings (SSSR count). The molecule has 9 heteroatoms. The number of fused-ring (bicyclic) bond motifs is 1. The van der Waals surface area contributed by atoms with Crippen molar-refractivity contribution in [3.63, 3.8) is 0 Å². The number of hydrogen-bond acceptors (Lipinski definition) is 6. The van der Waals surface area contributed by atoms with E-state index in [4.69, 9.17) is 4.74 Å². The Labute approximate surface area is 131 Å². The summed E-state index contributed by atoms with van der Waals surface area (Å²) >= 11 is 0. The molecule has 23 heavy (non-hydrogen) atoms. The molecule has 0 fully saturated rings. The SMILES string of the molecule is CCOC(=O)CN1CC(=O)N(C)c2ccc([N+](=O)[O-])cc2C1=O. The molecule has 9 nitrogen and oxygen atoms in total. The lowest BCUT2D eigenvalue weighted by Gasteiger charge is -2.18. The van der Waals surface area contributed by atoms with E-state index in [9.17, 15) is 24.5 Å². The van der Waals surface area contributed by atoms with Crippen LogP contribution in [0, 0.1) is 10.1 Å². The van der Waals surface area contributed by atoms with Gasteiger partial charge in [0.1, 0.15) is 13.1 Å². The molecule has 1 aliphatic heterocycles. The first kappa shape index (κ1) is 16.4. The molecule has 0 aliphatic carbocycles. The zero-order valence-corrected chi connectivity index (χ0v) is 12.6. The van der Waals surface area contributed by atoms with Gasteiger partial charge in [-0.05, 0) is 13.0 Å². The number of amides is 2. The minimum Gasteiger partial charge on any atom is -0.465 e. The van der Waals surface area contributed by atoms with Crippen LogP contribution in [0.1, 0.15) is 17.3 Å². The quantitative estimate of drug-likeness (QED) is 0.455. The Morgan fingerprint density at radius 3 is 2.70 bits per heavy atom. The minimum absolute atomic E-state index is 0.00292. The summed E-state index contributed by atoms with van der Waals surface area (Å²) in [6.45, 7) is 1.07. The zero-order chi connectivity index (χ0) is 17.1. The highest BCUT2D eigenvalue weighted by atomic mass is 16.6. The summed E-state index contributed by atoms with van der Waals surface area (Å²) in [4.78, 5) is 48.8. The third-order valence-electron chi connectivity index (χ3n) is 3.40. The van der Waals surface area contributed by atoms with Crippen LogP contribution < -0.4 is 4.90 Å². The van der Waals surface area contributed by atoms with Crippen LogP contribution in [0.5, 0.6) is 0 Å². The molecular weight excluding hydrogens is 306 g/mol. The summed E-state index contributed by atoms with van der Waals surface area (Å²) in [5.41, 5.74) is -0.00950. The van der Waals surface area contributed by atoms with Gasteiger partial charge in [-0.15, -0.1) is 0 Å². The molecule has 0 N–H and O–H groups in total. The van der Waals surface area contributed by atoms with Crippen LogP contribution in [0.2, 0.25) is 0 Å². The molecule has 0 saturated heterocycles. The molecule has 1 heterocycles. The van der Waals surface area contributed by atoms with Crippen molar-refractivity contribution in [2.75, 3.05) is 31.6 Å². The summed E-state index contributed by atoms with van der Waals surface area (Å²) < 4.78 is 4.78. The van der Waals surface area contributed by atoms with Gasteiger partial charge in [-0.25, -0.2) is 0 Å². The fraction of sp³-hybridized carbons (Fsp3) is 0.357. The van der Waals surface area contributed by atoms with Crippen LogP contribution in [-0.2, 0) is 14.3 Å². The van der Waals surface area contributed by atoms with E-state index in [2.05, 4.69) is 0 Å². The van der Waals surface area contributed by atoms with E-state index >= 15 is 0 Å². The highest BCUT2D eigenvalue weighted by molar-refractivity contribution is 6.10. The Hall–Kier alpha value is -2.97. The fourth-order valence-corrected chi connectivity index (χ4v) is 2.24. The van der Waals surface area contributed by atoms with Crippen LogP contribution in [0.3, 0.4) is 0 Å². The number of nitrogens with zero attached hydrogens (tertiary/aromatic N) is 3. The average Bonchev–Trinajstić information content (AvgIpc) is 2.59. The van der Waals surface area contributed by atoms with E-state index < -0.39 is 29.3 Å². The van der Waals surface area contributed by atoms with Gasteiger partial charge in [0.15, 0.2) is 0 Å². The molecule has 0 spiro atoms. The van der Waals surface area contributed by atoms with Crippen molar-refractivity contribution < 1.29 is 24.0 Å². The second kappa shape index (κ2) is 6.42. The Morgan fingerprint density at radius 1 is 1.39 bits per heavy atom. The summed E-state index contributed by atoms with van der Waals surface area (Å²) in [6, 6.07) is 3.67. The Morgan fingerprint density at radius 2 is 2.09 bits per heavy atom. The van der Waals surface area contributed by atoms with E-state index in [-0.39, 0.29) is 30.1 Å². The molecule has 0 bridgehead atoms. The first-order valence-electron chi connectivity index (χ1n) is 6.85. The van der Waals surface area contributed by atoms with Crippen molar-refractivity contribution in [2.24, 2.45) is 0 Å². The minimum atomic E-state index is -0.648. The summed E-state index contributed by atoms with van der Waals surface area (Å²) in [5, 5.41) is 10.9.